The van der Waals surface area contributed by atoms with E-state index in [1.54, 1.807) is 0 Å². The summed E-state index contributed by atoms with van der Waals surface area (Å²) in [6.45, 7) is 0.462. The van der Waals surface area contributed by atoms with Crippen molar-refractivity contribution in [2.45, 2.75) is 23.2 Å². The van der Waals surface area contributed by atoms with Gasteiger partial charge in [0.2, 0.25) is 0 Å². The minimum absolute atomic E-state index is 0.196. The van der Waals surface area contributed by atoms with Crippen LogP contribution in [0.4, 0.5) is 0 Å². The predicted molar refractivity (Wildman–Crippen MR) is 60.1 cm³/mol. The normalized spacial score (nSPS) is 22.1. The van der Waals surface area contributed by atoms with E-state index in [2.05, 4.69) is 0 Å². The first-order valence-corrected chi connectivity index (χ1v) is 7.09. The Morgan fingerprint density at radius 1 is 1.56 bits per heavy atom. The first kappa shape index (κ1) is 11.5. The van der Waals surface area contributed by atoms with Gasteiger partial charge in [0, 0.05) is 6.54 Å². The van der Waals surface area contributed by atoms with Gasteiger partial charge in [-0.3, -0.25) is 0 Å². The maximum atomic E-state index is 12.1. The Labute approximate surface area is 98.1 Å². The highest BCUT2D eigenvalue weighted by molar-refractivity contribution is 7.91. The van der Waals surface area contributed by atoms with E-state index in [9.17, 15) is 8.42 Å². The fourth-order valence-electron chi connectivity index (χ4n) is 1.70. The summed E-state index contributed by atoms with van der Waals surface area (Å²) >= 11 is 0.982. The first-order valence-electron chi connectivity index (χ1n) is 4.83. The van der Waals surface area contributed by atoms with Gasteiger partial charge in [0.25, 0.3) is 10.0 Å². The zero-order valence-electron chi connectivity index (χ0n) is 8.46. The number of hydrogen-bond donors (Lipinski definition) is 1. The van der Waals surface area contributed by atoms with E-state index in [-0.39, 0.29) is 4.21 Å². The molecular weight excluding hydrogens is 246 g/mol. The molecule has 1 fully saturated rings. The van der Waals surface area contributed by atoms with Crippen molar-refractivity contribution in [2.24, 2.45) is 5.73 Å². The zero-order valence-corrected chi connectivity index (χ0v) is 10.1. The predicted octanol–water partition coefficient (Wildman–Crippen LogP) is 0.689. The molecule has 0 aliphatic carbocycles. The molecule has 1 atom stereocenters. The van der Waals surface area contributed by atoms with Crippen molar-refractivity contribution in [2.75, 3.05) is 6.54 Å². The van der Waals surface area contributed by atoms with Gasteiger partial charge in [0.15, 0.2) is 0 Å². The smallest absolute Gasteiger partial charge is 0.253 e. The Morgan fingerprint density at radius 3 is 2.81 bits per heavy atom. The molecule has 1 aliphatic rings. The van der Waals surface area contributed by atoms with Crippen molar-refractivity contribution < 1.29 is 8.42 Å². The molecule has 5 nitrogen and oxygen atoms in total. The second kappa shape index (κ2) is 4.14. The van der Waals surface area contributed by atoms with Crippen molar-refractivity contribution in [3.63, 3.8) is 0 Å². The largest absolute Gasteiger partial charge is 0.315 e. The van der Waals surface area contributed by atoms with Crippen LogP contribution in [0.15, 0.2) is 16.3 Å². The summed E-state index contributed by atoms with van der Waals surface area (Å²) in [6.07, 6.45) is 1.05. The Hall–Kier alpha value is -0.940. The molecule has 7 heteroatoms. The molecule has 0 spiro atoms. The lowest BCUT2D eigenvalue weighted by Crippen LogP contribution is -2.40. The van der Waals surface area contributed by atoms with Crippen LogP contribution in [0.5, 0.6) is 0 Å². The Balaban J connectivity index is 2.35. The van der Waals surface area contributed by atoms with Crippen LogP contribution in [-0.4, -0.2) is 25.4 Å². The quantitative estimate of drug-likeness (QED) is 0.844. The van der Waals surface area contributed by atoms with E-state index in [1.807, 2.05) is 6.07 Å². The Kier molecular flexibility index (Phi) is 2.99. The van der Waals surface area contributed by atoms with Crippen LogP contribution in [0, 0.1) is 11.3 Å². The van der Waals surface area contributed by atoms with Gasteiger partial charge in [-0.15, -0.1) is 11.3 Å². The highest BCUT2D eigenvalue weighted by Crippen LogP contribution is 2.28. The highest BCUT2D eigenvalue weighted by atomic mass is 32.2. The molecule has 16 heavy (non-hydrogen) atoms. The van der Waals surface area contributed by atoms with E-state index in [0.717, 1.165) is 17.8 Å². The average Bonchev–Trinajstić information content (AvgIpc) is 2.85. The van der Waals surface area contributed by atoms with Gasteiger partial charge in [-0.25, -0.2) is 8.42 Å². The summed E-state index contributed by atoms with van der Waals surface area (Å²) in [5.41, 5.74) is 5.73. The van der Waals surface area contributed by atoms with Gasteiger partial charge in [-0.2, -0.15) is 9.57 Å². The Morgan fingerprint density at radius 2 is 2.31 bits per heavy atom. The molecule has 2 N–H and O–H groups in total. The van der Waals surface area contributed by atoms with Crippen LogP contribution in [0.1, 0.15) is 17.7 Å². The second-order valence-electron chi connectivity index (χ2n) is 3.56. The van der Waals surface area contributed by atoms with E-state index < -0.39 is 16.2 Å². The van der Waals surface area contributed by atoms with E-state index in [1.165, 1.54) is 16.4 Å². The van der Waals surface area contributed by atoms with E-state index >= 15 is 0 Å². The van der Waals surface area contributed by atoms with Gasteiger partial charge >= 0.3 is 0 Å². The lowest BCUT2D eigenvalue weighted by molar-refractivity contribution is 0.397. The van der Waals surface area contributed by atoms with Crippen LogP contribution in [0.3, 0.4) is 0 Å². The standard InChI is InChI=1S/C9H11N3O2S2/c10-6-7-3-4-9(15-7)16(13,14)12-5-1-2-8(12)11/h3-4,8H,1-2,5,11H2. The van der Waals surface area contributed by atoms with Crippen LogP contribution < -0.4 is 5.73 Å². The van der Waals surface area contributed by atoms with Crippen molar-refractivity contribution in [3.8, 4) is 6.07 Å². The summed E-state index contributed by atoms with van der Waals surface area (Å²) in [6, 6.07) is 4.90. The summed E-state index contributed by atoms with van der Waals surface area (Å²) < 4.78 is 25.7. The molecule has 86 valence electrons. The molecule has 2 rings (SSSR count). The SMILES string of the molecule is N#Cc1ccc(S(=O)(=O)N2CCCC2N)s1. The number of thiophene rings is 1. The molecule has 0 amide bonds. The fraction of sp³-hybridized carbons (Fsp3) is 0.444. The minimum Gasteiger partial charge on any atom is -0.315 e. The monoisotopic (exact) mass is 257 g/mol. The molecular formula is C9H11N3O2S2. The topological polar surface area (TPSA) is 87.2 Å². The molecule has 0 saturated carbocycles. The van der Waals surface area contributed by atoms with Crippen LogP contribution in [0.25, 0.3) is 0 Å². The van der Waals surface area contributed by atoms with Crippen molar-refractivity contribution in [1.29, 1.82) is 5.26 Å². The van der Waals surface area contributed by atoms with Gasteiger partial charge < -0.3 is 5.73 Å². The van der Waals surface area contributed by atoms with Crippen molar-refractivity contribution in [1.82, 2.24) is 4.31 Å². The van der Waals surface area contributed by atoms with E-state index in [0.29, 0.717) is 17.8 Å². The molecule has 1 aromatic heterocycles. The van der Waals surface area contributed by atoms with Crippen LogP contribution >= 0.6 is 11.3 Å². The van der Waals surface area contributed by atoms with Crippen LogP contribution in [-0.2, 0) is 10.0 Å². The first-order chi connectivity index (χ1) is 7.55. The van der Waals surface area contributed by atoms with Crippen molar-refractivity contribution >= 4 is 21.4 Å². The summed E-state index contributed by atoms with van der Waals surface area (Å²) in [7, 11) is -3.50. The molecule has 1 aromatic rings. The highest BCUT2D eigenvalue weighted by Gasteiger charge is 2.33. The number of rotatable bonds is 2. The second-order valence-corrected chi connectivity index (χ2v) is 6.76. The maximum Gasteiger partial charge on any atom is 0.253 e. The Bertz CT molecular complexity index is 529. The summed E-state index contributed by atoms with van der Waals surface area (Å²) in [5, 5.41) is 8.66. The summed E-state index contributed by atoms with van der Waals surface area (Å²) in [5.74, 6) is 0. The fourth-order valence-corrected chi connectivity index (χ4v) is 4.51. The molecule has 0 aromatic carbocycles. The summed E-state index contributed by atoms with van der Waals surface area (Å²) in [4.78, 5) is 0.395. The number of nitrogens with two attached hydrogens (primary N) is 1. The molecule has 0 bridgehead atoms. The molecule has 1 aliphatic heterocycles. The van der Waals surface area contributed by atoms with Crippen molar-refractivity contribution in [3.05, 3.63) is 17.0 Å². The minimum atomic E-state index is -3.50. The number of hydrogen-bond acceptors (Lipinski definition) is 5. The van der Waals surface area contributed by atoms with Gasteiger partial charge in [0.05, 0.1) is 6.17 Å². The van der Waals surface area contributed by atoms with Gasteiger partial charge in [-0.05, 0) is 25.0 Å². The van der Waals surface area contributed by atoms with E-state index in [4.69, 9.17) is 11.0 Å². The molecule has 1 saturated heterocycles. The van der Waals surface area contributed by atoms with Crippen LogP contribution in [0.2, 0.25) is 0 Å². The molecule has 2 heterocycles. The molecule has 0 radical (unpaired) electrons. The number of sulfonamides is 1. The lowest BCUT2D eigenvalue weighted by atomic mass is 10.3. The average molecular weight is 257 g/mol. The maximum absolute atomic E-state index is 12.1. The zero-order chi connectivity index (χ0) is 11.8. The number of nitrogens with zero attached hydrogens (tertiary/aromatic N) is 2. The lowest BCUT2D eigenvalue weighted by Gasteiger charge is -2.19. The van der Waals surface area contributed by atoms with Gasteiger partial charge in [-0.1, -0.05) is 0 Å². The third-order valence-electron chi connectivity index (χ3n) is 2.50. The van der Waals surface area contributed by atoms with Gasteiger partial charge in [0.1, 0.15) is 15.2 Å². The third-order valence-corrected chi connectivity index (χ3v) is 5.88. The third kappa shape index (κ3) is 1.85. The molecule has 1 unspecified atom stereocenters. The number of nitriles is 1.